The van der Waals surface area contributed by atoms with Crippen molar-refractivity contribution < 1.29 is 23.9 Å². The van der Waals surface area contributed by atoms with Crippen LogP contribution in [0.15, 0.2) is 18.2 Å². The van der Waals surface area contributed by atoms with E-state index in [9.17, 15) is 14.4 Å². The Morgan fingerprint density at radius 1 is 1.27 bits per heavy atom. The maximum atomic E-state index is 12.0. The number of benzene rings is 1. The van der Waals surface area contributed by atoms with E-state index in [4.69, 9.17) is 9.47 Å². The van der Waals surface area contributed by atoms with Gasteiger partial charge >= 0.3 is 0 Å². The van der Waals surface area contributed by atoms with E-state index in [1.165, 1.54) is 21.3 Å². The summed E-state index contributed by atoms with van der Waals surface area (Å²) in [5.41, 5.74) is 2.84. The third-order valence-electron chi connectivity index (χ3n) is 3.28. The fourth-order valence-corrected chi connectivity index (χ4v) is 2.14. The third kappa shape index (κ3) is 3.11. The van der Waals surface area contributed by atoms with Crippen LogP contribution in [0, 0.1) is 5.92 Å². The number of carbonyl (C=O) groups is 3. The van der Waals surface area contributed by atoms with Crippen LogP contribution >= 0.6 is 0 Å². The lowest BCUT2D eigenvalue weighted by molar-refractivity contribution is -0.134. The van der Waals surface area contributed by atoms with Crippen LogP contribution in [0.1, 0.15) is 6.42 Å². The van der Waals surface area contributed by atoms with Crippen molar-refractivity contribution in [3.8, 4) is 11.5 Å². The molecule has 0 spiro atoms. The number of amides is 3. The molecular weight excluding hydrogens is 290 g/mol. The molecule has 8 heteroatoms. The minimum atomic E-state index is -0.995. The smallest absolute Gasteiger partial charge is 0.253 e. The number of carbonyl (C=O) groups excluding carboxylic acids is 3. The van der Waals surface area contributed by atoms with Gasteiger partial charge in [0.1, 0.15) is 5.92 Å². The summed E-state index contributed by atoms with van der Waals surface area (Å²) in [6.07, 6.45) is -0.219. The van der Waals surface area contributed by atoms with Crippen molar-refractivity contribution in [2.75, 3.05) is 26.6 Å². The highest BCUT2D eigenvalue weighted by Gasteiger charge is 2.38. The van der Waals surface area contributed by atoms with Crippen LogP contribution in [0.25, 0.3) is 0 Å². The summed E-state index contributed by atoms with van der Waals surface area (Å²) in [7, 11) is 4.43. The molecule has 1 saturated heterocycles. The molecule has 2 N–H and O–H groups in total. The molecule has 8 nitrogen and oxygen atoms in total. The minimum absolute atomic E-state index is 0.219. The molecule has 1 heterocycles. The molecule has 1 aromatic carbocycles. The van der Waals surface area contributed by atoms with E-state index in [0.29, 0.717) is 17.2 Å². The van der Waals surface area contributed by atoms with Gasteiger partial charge < -0.3 is 14.8 Å². The van der Waals surface area contributed by atoms with Crippen LogP contribution in [0.2, 0.25) is 0 Å². The van der Waals surface area contributed by atoms with Gasteiger partial charge in [-0.2, -0.15) is 0 Å². The normalized spacial score (nSPS) is 17.2. The standard InChI is InChI=1S/C14H17N3O5/c1-17-14(20)9(13(19)16-17)7-12(18)15-8-4-5-10(21-2)11(6-8)22-3/h4-6,9H,7H2,1-3H3,(H,15,18)(H,16,19). The first-order chi connectivity index (χ1) is 10.5. The van der Waals surface area contributed by atoms with Gasteiger partial charge in [-0.05, 0) is 12.1 Å². The molecular formula is C14H17N3O5. The van der Waals surface area contributed by atoms with Crippen molar-refractivity contribution in [3.05, 3.63) is 18.2 Å². The number of anilines is 1. The lowest BCUT2D eigenvalue weighted by atomic mass is 10.0. The van der Waals surface area contributed by atoms with Gasteiger partial charge in [0.05, 0.1) is 14.2 Å². The number of rotatable bonds is 5. The van der Waals surface area contributed by atoms with Crippen molar-refractivity contribution >= 4 is 23.4 Å². The number of nitrogens with one attached hydrogen (secondary N) is 2. The van der Waals surface area contributed by atoms with Gasteiger partial charge in [0.15, 0.2) is 11.5 Å². The number of hydrazine groups is 1. The van der Waals surface area contributed by atoms with Gasteiger partial charge in [-0.3, -0.25) is 24.8 Å². The molecule has 2 rings (SSSR count). The molecule has 0 bridgehead atoms. The maximum Gasteiger partial charge on any atom is 0.253 e. The van der Waals surface area contributed by atoms with Crippen LogP contribution in [-0.4, -0.2) is 44.0 Å². The van der Waals surface area contributed by atoms with Gasteiger partial charge in [-0.1, -0.05) is 0 Å². The van der Waals surface area contributed by atoms with E-state index >= 15 is 0 Å². The molecule has 3 amide bonds. The van der Waals surface area contributed by atoms with Gasteiger partial charge in [-0.25, -0.2) is 0 Å². The molecule has 0 aromatic heterocycles. The predicted octanol–water partition coefficient (Wildman–Crippen LogP) is 0.152. The molecule has 22 heavy (non-hydrogen) atoms. The number of nitrogens with zero attached hydrogens (tertiary/aromatic N) is 1. The number of methoxy groups -OCH3 is 2. The first-order valence-electron chi connectivity index (χ1n) is 6.56. The molecule has 1 fully saturated rings. The zero-order valence-electron chi connectivity index (χ0n) is 12.5. The number of ether oxygens (including phenoxy) is 2. The molecule has 1 aliphatic rings. The Kier molecular flexibility index (Phi) is 4.50. The molecule has 1 aromatic rings. The predicted molar refractivity (Wildman–Crippen MR) is 77.2 cm³/mol. The van der Waals surface area contributed by atoms with Crippen molar-refractivity contribution in [1.82, 2.24) is 10.4 Å². The van der Waals surface area contributed by atoms with Crippen LogP contribution in [0.3, 0.4) is 0 Å². The van der Waals surface area contributed by atoms with Crippen molar-refractivity contribution in [3.63, 3.8) is 0 Å². The fourth-order valence-electron chi connectivity index (χ4n) is 2.14. The van der Waals surface area contributed by atoms with Crippen LogP contribution in [0.5, 0.6) is 11.5 Å². The van der Waals surface area contributed by atoms with Crippen LogP contribution in [-0.2, 0) is 14.4 Å². The SMILES string of the molecule is COc1ccc(NC(=O)CC2C(=O)NN(C)C2=O)cc1OC. The van der Waals surface area contributed by atoms with Crippen molar-refractivity contribution in [2.45, 2.75) is 6.42 Å². The summed E-state index contributed by atoms with van der Waals surface area (Å²) in [5, 5.41) is 3.71. The van der Waals surface area contributed by atoms with E-state index in [-0.39, 0.29) is 6.42 Å². The Labute approximate surface area is 127 Å². The summed E-state index contributed by atoms with van der Waals surface area (Å²) >= 11 is 0. The Morgan fingerprint density at radius 3 is 2.50 bits per heavy atom. The topological polar surface area (TPSA) is 97.0 Å². The Bertz CT molecular complexity index is 616. The molecule has 0 radical (unpaired) electrons. The fraction of sp³-hybridized carbons (Fsp3) is 0.357. The summed E-state index contributed by atoms with van der Waals surface area (Å²) in [5.74, 6) is -1.33. The zero-order valence-corrected chi connectivity index (χ0v) is 12.5. The third-order valence-corrected chi connectivity index (χ3v) is 3.28. The molecule has 0 saturated carbocycles. The van der Waals surface area contributed by atoms with Crippen LogP contribution in [0.4, 0.5) is 5.69 Å². The van der Waals surface area contributed by atoms with Gasteiger partial charge in [-0.15, -0.1) is 0 Å². The number of hydrogen-bond donors (Lipinski definition) is 2. The highest BCUT2D eigenvalue weighted by atomic mass is 16.5. The largest absolute Gasteiger partial charge is 0.493 e. The maximum absolute atomic E-state index is 12.0. The minimum Gasteiger partial charge on any atom is -0.493 e. The lowest BCUT2D eigenvalue weighted by Crippen LogP contribution is -2.31. The first kappa shape index (κ1) is 15.6. The average Bonchev–Trinajstić information content (AvgIpc) is 2.73. The van der Waals surface area contributed by atoms with E-state index in [1.54, 1.807) is 18.2 Å². The molecule has 1 unspecified atom stereocenters. The Hall–Kier alpha value is -2.77. The highest BCUT2D eigenvalue weighted by molar-refractivity contribution is 6.08. The average molecular weight is 307 g/mol. The highest BCUT2D eigenvalue weighted by Crippen LogP contribution is 2.29. The monoisotopic (exact) mass is 307 g/mol. The number of hydrogen-bond acceptors (Lipinski definition) is 5. The quantitative estimate of drug-likeness (QED) is 0.755. The molecule has 118 valence electrons. The van der Waals surface area contributed by atoms with E-state index in [1.807, 2.05) is 0 Å². The second-order valence-electron chi connectivity index (χ2n) is 4.75. The second kappa shape index (κ2) is 6.33. The van der Waals surface area contributed by atoms with Gasteiger partial charge in [0.25, 0.3) is 11.8 Å². The van der Waals surface area contributed by atoms with E-state index in [0.717, 1.165) is 5.01 Å². The summed E-state index contributed by atoms with van der Waals surface area (Å²) in [6.45, 7) is 0. The van der Waals surface area contributed by atoms with E-state index < -0.39 is 23.6 Å². The summed E-state index contributed by atoms with van der Waals surface area (Å²) in [6, 6.07) is 4.89. The zero-order chi connectivity index (χ0) is 16.3. The molecule has 0 aliphatic carbocycles. The van der Waals surface area contributed by atoms with Gasteiger partial charge in [0, 0.05) is 25.2 Å². The first-order valence-corrected chi connectivity index (χ1v) is 6.56. The van der Waals surface area contributed by atoms with E-state index in [2.05, 4.69) is 10.7 Å². The molecule has 1 aliphatic heterocycles. The van der Waals surface area contributed by atoms with Crippen molar-refractivity contribution in [2.24, 2.45) is 5.92 Å². The Morgan fingerprint density at radius 2 is 1.95 bits per heavy atom. The summed E-state index contributed by atoms with van der Waals surface area (Å²) < 4.78 is 10.2. The second-order valence-corrected chi connectivity index (χ2v) is 4.75. The molecule has 1 atom stereocenters. The van der Waals surface area contributed by atoms with Crippen molar-refractivity contribution in [1.29, 1.82) is 0 Å². The van der Waals surface area contributed by atoms with Crippen LogP contribution < -0.4 is 20.2 Å². The lowest BCUT2D eigenvalue weighted by Gasteiger charge is -2.11. The van der Waals surface area contributed by atoms with Gasteiger partial charge in [0.2, 0.25) is 5.91 Å². The summed E-state index contributed by atoms with van der Waals surface area (Å²) in [4.78, 5) is 35.3. The Balaban J connectivity index is 2.03.